The Kier molecular flexibility index (Phi) is 8.38. The third kappa shape index (κ3) is 6.01. The molecule has 0 aromatic carbocycles. The molecule has 4 heterocycles. The Bertz CT molecular complexity index is 1100. The third-order valence-corrected chi connectivity index (χ3v) is 6.97. The molecule has 0 spiro atoms. The lowest BCUT2D eigenvalue weighted by molar-refractivity contribution is 0.392. The summed E-state index contributed by atoms with van der Waals surface area (Å²) in [4.78, 5) is 16.2. The number of aromatic nitrogens is 5. The summed E-state index contributed by atoms with van der Waals surface area (Å²) in [7, 11) is 2.04. The first-order valence-electron chi connectivity index (χ1n) is 13.1. The second-order valence-electron chi connectivity index (χ2n) is 9.87. The molecule has 9 nitrogen and oxygen atoms in total. The van der Waals surface area contributed by atoms with Crippen LogP contribution in [0.2, 0.25) is 0 Å². The summed E-state index contributed by atoms with van der Waals surface area (Å²) in [6.45, 7) is 9.78. The smallest absolute Gasteiger partial charge is 0.243 e. The van der Waals surface area contributed by atoms with E-state index in [9.17, 15) is 0 Å². The molecular weight excluding hydrogens is 438 g/mol. The van der Waals surface area contributed by atoms with Gasteiger partial charge in [-0.3, -0.25) is 0 Å². The molecule has 3 aromatic rings. The zero-order valence-electron chi connectivity index (χ0n) is 21.7. The van der Waals surface area contributed by atoms with Gasteiger partial charge < -0.3 is 21.3 Å². The van der Waals surface area contributed by atoms with Crippen molar-refractivity contribution in [2.75, 3.05) is 42.6 Å². The lowest BCUT2D eigenvalue weighted by atomic mass is 9.96. The first-order valence-corrected chi connectivity index (χ1v) is 13.1. The molecule has 4 rings (SSSR count). The molecule has 3 aromatic heterocycles. The number of nitrogen functional groups attached to an aromatic ring is 1. The number of anilines is 3. The van der Waals surface area contributed by atoms with Crippen LogP contribution in [0.5, 0.6) is 0 Å². The van der Waals surface area contributed by atoms with Crippen LogP contribution in [0.4, 0.5) is 17.6 Å². The molecule has 4 N–H and O–H groups in total. The van der Waals surface area contributed by atoms with E-state index >= 15 is 0 Å². The zero-order chi connectivity index (χ0) is 24.8. The molecule has 0 unspecified atom stereocenters. The summed E-state index contributed by atoms with van der Waals surface area (Å²) < 4.78 is 1.83. The Labute approximate surface area is 208 Å². The van der Waals surface area contributed by atoms with Crippen LogP contribution >= 0.6 is 0 Å². The molecule has 0 amide bonds. The third-order valence-electron chi connectivity index (χ3n) is 6.97. The molecule has 0 aliphatic carbocycles. The number of fused-ring (bicyclic) bond motifs is 1. The topological polar surface area (TPSA) is 109 Å². The van der Waals surface area contributed by atoms with Crippen molar-refractivity contribution in [2.45, 2.75) is 71.8 Å². The van der Waals surface area contributed by atoms with Crippen LogP contribution in [-0.2, 0) is 6.42 Å². The highest BCUT2D eigenvalue weighted by Crippen LogP contribution is 2.25. The van der Waals surface area contributed by atoms with Gasteiger partial charge in [0.25, 0.3) is 0 Å². The normalized spacial score (nSPS) is 14.8. The Morgan fingerprint density at radius 3 is 2.51 bits per heavy atom. The molecule has 0 saturated carbocycles. The highest BCUT2D eigenvalue weighted by molar-refractivity contribution is 5.61. The van der Waals surface area contributed by atoms with Crippen molar-refractivity contribution < 1.29 is 0 Å². The minimum Gasteiger partial charge on any atom is -0.380 e. The molecule has 1 aliphatic heterocycles. The lowest BCUT2D eigenvalue weighted by Gasteiger charge is -2.33. The van der Waals surface area contributed by atoms with Crippen molar-refractivity contribution in [3.8, 4) is 0 Å². The predicted molar refractivity (Wildman–Crippen MR) is 143 cm³/mol. The molecule has 190 valence electrons. The predicted octanol–water partition coefficient (Wildman–Crippen LogP) is 3.82. The quantitative estimate of drug-likeness (QED) is 0.381. The largest absolute Gasteiger partial charge is 0.380 e. The second-order valence-corrected chi connectivity index (χ2v) is 9.87. The van der Waals surface area contributed by atoms with Crippen LogP contribution in [0.3, 0.4) is 0 Å². The molecule has 1 fully saturated rings. The first kappa shape index (κ1) is 25.2. The Balaban J connectivity index is 1.50. The molecule has 0 radical (unpaired) electrons. The van der Waals surface area contributed by atoms with Crippen molar-refractivity contribution in [1.82, 2.24) is 29.9 Å². The minimum atomic E-state index is 0.344. The maximum absolute atomic E-state index is 6.25. The van der Waals surface area contributed by atoms with E-state index in [0.717, 1.165) is 68.3 Å². The summed E-state index contributed by atoms with van der Waals surface area (Å²) in [5, 5.41) is 11.5. The molecule has 0 atom stereocenters. The summed E-state index contributed by atoms with van der Waals surface area (Å²) >= 11 is 0. The van der Waals surface area contributed by atoms with Gasteiger partial charge in [-0.25, -0.2) is 14.5 Å². The van der Waals surface area contributed by atoms with Crippen LogP contribution < -0.4 is 21.3 Å². The SMILES string of the molecule is CCCC(CCC)Nc1nc(N)c2ncc(Cc3cnc(N4CCC(CNC)CC4)c(C)c3)n2n1. The highest BCUT2D eigenvalue weighted by atomic mass is 15.3. The molecule has 1 saturated heterocycles. The van der Waals surface area contributed by atoms with Crippen molar-refractivity contribution in [3.63, 3.8) is 0 Å². The van der Waals surface area contributed by atoms with Gasteiger partial charge >= 0.3 is 0 Å². The number of piperidine rings is 1. The van der Waals surface area contributed by atoms with E-state index in [2.05, 4.69) is 52.3 Å². The van der Waals surface area contributed by atoms with Gasteiger partial charge in [0.2, 0.25) is 5.95 Å². The van der Waals surface area contributed by atoms with E-state index in [1.165, 1.54) is 18.4 Å². The number of aryl methyl sites for hydroxylation is 1. The van der Waals surface area contributed by atoms with E-state index in [-0.39, 0.29) is 0 Å². The fraction of sp³-hybridized carbons (Fsp3) is 0.615. The van der Waals surface area contributed by atoms with Crippen LogP contribution in [0.25, 0.3) is 5.65 Å². The summed E-state index contributed by atoms with van der Waals surface area (Å²) in [5.41, 5.74) is 10.2. The van der Waals surface area contributed by atoms with Gasteiger partial charge in [-0.05, 0) is 63.2 Å². The van der Waals surface area contributed by atoms with Gasteiger partial charge in [0.05, 0.1) is 11.9 Å². The van der Waals surface area contributed by atoms with E-state index in [1.807, 2.05) is 24.0 Å². The van der Waals surface area contributed by atoms with E-state index in [1.54, 1.807) is 0 Å². The molecule has 1 aliphatic rings. The molecule has 0 bridgehead atoms. The average Bonchev–Trinajstić information content (AvgIpc) is 3.23. The summed E-state index contributed by atoms with van der Waals surface area (Å²) in [6, 6.07) is 2.58. The van der Waals surface area contributed by atoms with Crippen LogP contribution in [0, 0.1) is 12.8 Å². The zero-order valence-corrected chi connectivity index (χ0v) is 21.7. The Morgan fingerprint density at radius 2 is 1.86 bits per heavy atom. The Morgan fingerprint density at radius 1 is 1.11 bits per heavy atom. The first-order chi connectivity index (χ1) is 17.0. The van der Waals surface area contributed by atoms with Gasteiger partial charge in [-0.2, -0.15) is 4.98 Å². The molecular formula is C26H41N9. The highest BCUT2D eigenvalue weighted by Gasteiger charge is 2.21. The number of pyridine rings is 1. The van der Waals surface area contributed by atoms with E-state index < -0.39 is 0 Å². The molecule has 35 heavy (non-hydrogen) atoms. The standard InChI is InChI=1S/C26H41N9/c1-5-7-21(8-6-2)31-26-32-23(27)25-30-17-22(35(25)33-26)14-20-13-18(3)24(29-16-20)34-11-9-19(10-12-34)15-28-4/h13,16-17,19,21,28H,5-12,14-15H2,1-4H3,(H3,27,31,32,33). The minimum absolute atomic E-state index is 0.344. The lowest BCUT2D eigenvalue weighted by Crippen LogP contribution is -2.37. The monoisotopic (exact) mass is 479 g/mol. The Hall–Kier alpha value is -2.94. The maximum atomic E-state index is 6.25. The summed E-state index contributed by atoms with van der Waals surface area (Å²) in [5.74, 6) is 2.82. The van der Waals surface area contributed by atoms with Gasteiger partial charge in [0.15, 0.2) is 11.5 Å². The maximum Gasteiger partial charge on any atom is 0.243 e. The number of nitrogens with zero attached hydrogens (tertiary/aromatic N) is 6. The van der Waals surface area contributed by atoms with Crippen molar-refractivity contribution >= 4 is 23.2 Å². The number of imidazole rings is 1. The van der Waals surface area contributed by atoms with Gasteiger partial charge in [-0.1, -0.05) is 32.8 Å². The number of hydrogen-bond acceptors (Lipinski definition) is 8. The summed E-state index contributed by atoms with van der Waals surface area (Å²) in [6.07, 6.45) is 11.3. The van der Waals surface area contributed by atoms with Gasteiger partial charge in [-0.15, -0.1) is 5.10 Å². The van der Waals surface area contributed by atoms with Crippen molar-refractivity contribution in [3.05, 3.63) is 35.3 Å². The van der Waals surface area contributed by atoms with Gasteiger partial charge in [0.1, 0.15) is 5.82 Å². The van der Waals surface area contributed by atoms with E-state index in [0.29, 0.717) is 29.9 Å². The van der Waals surface area contributed by atoms with Crippen LogP contribution in [-0.4, -0.2) is 57.3 Å². The van der Waals surface area contributed by atoms with E-state index in [4.69, 9.17) is 15.8 Å². The van der Waals surface area contributed by atoms with Crippen molar-refractivity contribution in [2.24, 2.45) is 5.92 Å². The second kappa shape index (κ2) is 11.7. The van der Waals surface area contributed by atoms with Crippen molar-refractivity contribution in [1.29, 1.82) is 0 Å². The van der Waals surface area contributed by atoms with Gasteiger partial charge in [0, 0.05) is 31.7 Å². The number of nitrogens with two attached hydrogens (primary N) is 1. The number of rotatable bonds is 11. The molecule has 9 heteroatoms. The van der Waals surface area contributed by atoms with Crippen LogP contribution in [0.15, 0.2) is 18.5 Å². The fourth-order valence-electron chi connectivity index (χ4n) is 5.20. The number of nitrogens with one attached hydrogen (secondary N) is 2. The van der Waals surface area contributed by atoms with Crippen LogP contribution in [0.1, 0.15) is 69.2 Å². The average molecular weight is 480 g/mol. The number of hydrogen-bond donors (Lipinski definition) is 3. The fourth-order valence-corrected chi connectivity index (χ4v) is 5.20.